The largest absolute Gasteiger partial charge is 0.484 e. The van der Waals surface area contributed by atoms with E-state index < -0.39 is 11.9 Å². The zero-order chi connectivity index (χ0) is 20.4. The van der Waals surface area contributed by atoms with Gasteiger partial charge in [-0.15, -0.1) is 12.4 Å². The van der Waals surface area contributed by atoms with Gasteiger partial charge in [0.25, 0.3) is 0 Å². The van der Waals surface area contributed by atoms with Gasteiger partial charge in [0.1, 0.15) is 17.7 Å². The highest BCUT2D eigenvalue weighted by Crippen LogP contribution is 2.35. The summed E-state index contributed by atoms with van der Waals surface area (Å²) in [7, 11) is 0. The maximum atomic E-state index is 13.8. The van der Waals surface area contributed by atoms with Crippen LogP contribution in [0.1, 0.15) is 37.5 Å². The van der Waals surface area contributed by atoms with Crippen molar-refractivity contribution in [3.63, 3.8) is 0 Å². The molecule has 2 aromatic heterocycles. The number of pyridine rings is 1. The minimum atomic E-state index is -0.541. The van der Waals surface area contributed by atoms with E-state index in [0.29, 0.717) is 22.4 Å². The highest BCUT2D eigenvalue weighted by atomic mass is 35.5. The lowest BCUT2D eigenvalue weighted by Gasteiger charge is -2.22. The van der Waals surface area contributed by atoms with Crippen LogP contribution < -0.4 is 10.1 Å². The first-order valence-electron chi connectivity index (χ1n) is 9.53. The highest BCUT2D eigenvalue weighted by molar-refractivity contribution is 6.36. The minimum absolute atomic E-state index is 0. The van der Waals surface area contributed by atoms with Crippen LogP contribution in [0.25, 0.3) is 11.1 Å². The molecule has 0 unspecified atom stereocenters. The summed E-state index contributed by atoms with van der Waals surface area (Å²) in [4.78, 5) is 4.28. The minimum Gasteiger partial charge on any atom is -0.484 e. The summed E-state index contributed by atoms with van der Waals surface area (Å²) in [6, 6.07) is 5.01. The van der Waals surface area contributed by atoms with E-state index in [2.05, 4.69) is 15.4 Å². The number of ether oxygens (including phenoxy) is 1. The summed E-state index contributed by atoms with van der Waals surface area (Å²) >= 11 is 12.3. The van der Waals surface area contributed by atoms with E-state index in [9.17, 15) is 4.39 Å². The summed E-state index contributed by atoms with van der Waals surface area (Å²) in [6.45, 7) is 3.79. The van der Waals surface area contributed by atoms with Crippen molar-refractivity contribution in [1.29, 1.82) is 0 Å². The Labute approximate surface area is 191 Å². The average molecular weight is 472 g/mol. The van der Waals surface area contributed by atoms with Crippen LogP contribution in [-0.2, 0) is 0 Å². The van der Waals surface area contributed by atoms with Gasteiger partial charge in [0.15, 0.2) is 0 Å². The monoisotopic (exact) mass is 470 g/mol. The third-order valence-electron chi connectivity index (χ3n) is 5.13. The number of aromatic nitrogens is 3. The van der Waals surface area contributed by atoms with Crippen molar-refractivity contribution >= 4 is 35.6 Å². The molecule has 0 bridgehead atoms. The van der Waals surface area contributed by atoms with Crippen molar-refractivity contribution in [1.82, 2.24) is 20.1 Å². The molecular formula is C21H22Cl3FN4O. The van der Waals surface area contributed by atoms with E-state index in [1.807, 2.05) is 23.1 Å². The molecule has 1 saturated heterocycles. The fourth-order valence-corrected chi connectivity index (χ4v) is 4.26. The Hall–Kier alpha value is -1.86. The molecular weight excluding hydrogens is 450 g/mol. The van der Waals surface area contributed by atoms with Crippen molar-refractivity contribution in [2.75, 3.05) is 13.1 Å². The van der Waals surface area contributed by atoms with E-state index in [1.165, 1.54) is 12.1 Å². The molecule has 1 aliphatic heterocycles. The van der Waals surface area contributed by atoms with Crippen molar-refractivity contribution in [3.05, 3.63) is 64.4 Å². The molecule has 30 heavy (non-hydrogen) atoms. The molecule has 3 aromatic rings. The lowest BCUT2D eigenvalue weighted by atomic mass is 10.1. The van der Waals surface area contributed by atoms with E-state index in [-0.39, 0.29) is 17.4 Å². The quantitative estimate of drug-likeness (QED) is 0.472. The average Bonchev–Trinajstić information content (AvgIpc) is 3.22. The van der Waals surface area contributed by atoms with Gasteiger partial charge in [-0.05, 0) is 51.1 Å². The molecule has 1 atom stereocenters. The second-order valence-corrected chi connectivity index (χ2v) is 7.90. The zero-order valence-electron chi connectivity index (χ0n) is 16.3. The molecule has 0 amide bonds. The molecule has 5 nitrogen and oxygen atoms in total. The lowest BCUT2D eigenvalue weighted by molar-refractivity contribution is 0.226. The molecule has 4 rings (SSSR count). The van der Waals surface area contributed by atoms with Crippen LogP contribution in [0.3, 0.4) is 0 Å². The first kappa shape index (κ1) is 22.8. The number of benzene rings is 1. The molecule has 1 aliphatic rings. The van der Waals surface area contributed by atoms with Crippen LogP contribution >= 0.6 is 35.6 Å². The molecule has 0 aliphatic carbocycles. The number of nitrogens with zero attached hydrogens (tertiary/aromatic N) is 3. The maximum absolute atomic E-state index is 13.8. The predicted octanol–water partition coefficient (Wildman–Crippen LogP) is 5.88. The van der Waals surface area contributed by atoms with Crippen molar-refractivity contribution in [2.45, 2.75) is 31.9 Å². The second-order valence-electron chi connectivity index (χ2n) is 7.12. The Balaban J connectivity index is 0.00000256. The third-order valence-corrected chi connectivity index (χ3v) is 5.84. The fourth-order valence-electron chi connectivity index (χ4n) is 3.58. The van der Waals surface area contributed by atoms with Gasteiger partial charge in [0.2, 0.25) is 0 Å². The second kappa shape index (κ2) is 9.96. The van der Waals surface area contributed by atoms with Gasteiger partial charge in [-0.25, -0.2) is 4.39 Å². The Morgan fingerprint density at radius 3 is 2.70 bits per heavy atom. The smallest absolute Gasteiger partial charge is 0.142 e. The molecule has 3 heterocycles. The number of hydrogen-bond donors (Lipinski definition) is 1. The predicted molar refractivity (Wildman–Crippen MR) is 119 cm³/mol. The van der Waals surface area contributed by atoms with Gasteiger partial charge in [-0.3, -0.25) is 9.67 Å². The van der Waals surface area contributed by atoms with Crippen LogP contribution in [0.5, 0.6) is 5.75 Å². The molecule has 0 spiro atoms. The van der Waals surface area contributed by atoms with E-state index in [1.54, 1.807) is 19.3 Å². The van der Waals surface area contributed by atoms with Crippen molar-refractivity contribution in [2.24, 2.45) is 0 Å². The number of rotatable bonds is 5. The van der Waals surface area contributed by atoms with Gasteiger partial charge in [-0.2, -0.15) is 5.10 Å². The fraction of sp³-hybridized carbons (Fsp3) is 0.333. The lowest BCUT2D eigenvalue weighted by Crippen LogP contribution is -2.29. The van der Waals surface area contributed by atoms with E-state index in [0.717, 1.165) is 37.1 Å². The zero-order valence-corrected chi connectivity index (χ0v) is 18.6. The summed E-state index contributed by atoms with van der Waals surface area (Å²) in [5, 5.41) is 8.22. The number of hydrogen-bond acceptors (Lipinski definition) is 4. The highest BCUT2D eigenvalue weighted by Gasteiger charge is 2.19. The maximum Gasteiger partial charge on any atom is 0.142 e. The summed E-state index contributed by atoms with van der Waals surface area (Å²) in [5.74, 6) is 0.0136. The SMILES string of the molecule is C[C@H](Oc1cncc(-c2cnn(C3CCNCC3)c2)c1)c1c(Cl)ccc(F)c1Cl.Cl. The normalized spacial score (nSPS) is 15.5. The van der Waals surface area contributed by atoms with Crippen molar-refractivity contribution in [3.8, 4) is 16.9 Å². The van der Waals surface area contributed by atoms with Crippen LogP contribution in [0, 0.1) is 5.82 Å². The van der Waals surface area contributed by atoms with Gasteiger partial charge in [-0.1, -0.05) is 23.2 Å². The molecule has 160 valence electrons. The summed E-state index contributed by atoms with van der Waals surface area (Å²) in [5.41, 5.74) is 2.28. The molecule has 1 aromatic carbocycles. The first-order chi connectivity index (χ1) is 14.0. The van der Waals surface area contributed by atoms with Gasteiger partial charge in [0, 0.05) is 34.1 Å². The van der Waals surface area contributed by atoms with Crippen LogP contribution in [0.2, 0.25) is 10.0 Å². The molecule has 1 N–H and O–H groups in total. The van der Waals surface area contributed by atoms with Crippen LogP contribution in [0.15, 0.2) is 43.0 Å². The molecule has 0 radical (unpaired) electrons. The van der Waals surface area contributed by atoms with Crippen LogP contribution in [0.4, 0.5) is 4.39 Å². The third kappa shape index (κ3) is 4.89. The van der Waals surface area contributed by atoms with Crippen molar-refractivity contribution < 1.29 is 9.13 Å². The Bertz CT molecular complexity index is 1010. The molecule has 9 heteroatoms. The Morgan fingerprint density at radius 1 is 1.17 bits per heavy atom. The van der Waals surface area contributed by atoms with Crippen LogP contribution in [-0.4, -0.2) is 27.9 Å². The van der Waals surface area contributed by atoms with E-state index >= 15 is 0 Å². The number of piperidine rings is 1. The van der Waals surface area contributed by atoms with Gasteiger partial charge < -0.3 is 10.1 Å². The summed E-state index contributed by atoms with van der Waals surface area (Å²) < 4.78 is 21.8. The number of halogens is 4. The number of nitrogens with one attached hydrogen (secondary N) is 1. The first-order valence-corrected chi connectivity index (χ1v) is 10.3. The van der Waals surface area contributed by atoms with Gasteiger partial charge >= 0.3 is 0 Å². The Kier molecular flexibility index (Phi) is 7.58. The summed E-state index contributed by atoms with van der Waals surface area (Å²) in [6.07, 6.45) is 8.85. The molecule has 1 fully saturated rings. The Morgan fingerprint density at radius 2 is 1.93 bits per heavy atom. The van der Waals surface area contributed by atoms with Gasteiger partial charge in [0.05, 0.1) is 23.5 Å². The molecule has 0 saturated carbocycles. The van der Waals surface area contributed by atoms with E-state index in [4.69, 9.17) is 27.9 Å². The topological polar surface area (TPSA) is 52.0 Å². The standard InChI is InChI=1S/C21H21Cl2FN4O.ClH/c1-13(20-18(22)2-3-19(24)21(20)23)29-17-8-14(9-26-11-17)15-10-27-28(12-15)16-4-6-25-7-5-16;/h2-3,8-13,16,25H,4-7H2,1H3;1H/t13-;/m0./s1.